The zero-order valence-corrected chi connectivity index (χ0v) is 10.9. The SMILES string of the molecule is O=C([O-])C1CC23c4ccccc4C2c2ccccc2C13. The first-order chi connectivity index (χ1) is 9.75. The zero-order valence-electron chi connectivity index (χ0n) is 10.9. The zero-order chi connectivity index (χ0) is 13.5. The monoisotopic (exact) mass is 261 g/mol. The van der Waals surface area contributed by atoms with Crippen LogP contribution in [0.3, 0.4) is 0 Å². The number of fused-ring (bicyclic) bond motifs is 5. The van der Waals surface area contributed by atoms with Crippen molar-refractivity contribution in [2.75, 3.05) is 0 Å². The molecule has 1 fully saturated rings. The maximum Gasteiger partial charge on any atom is 0.0452 e. The molecule has 0 bridgehead atoms. The van der Waals surface area contributed by atoms with Crippen molar-refractivity contribution in [1.29, 1.82) is 0 Å². The van der Waals surface area contributed by atoms with Crippen molar-refractivity contribution in [2.45, 2.75) is 23.7 Å². The van der Waals surface area contributed by atoms with Crippen molar-refractivity contribution in [1.82, 2.24) is 0 Å². The Morgan fingerprint density at radius 2 is 1.65 bits per heavy atom. The van der Waals surface area contributed by atoms with Crippen LogP contribution in [0.4, 0.5) is 0 Å². The number of carboxylic acid groups (broad SMARTS) is 1. The Hall–Kier alpha value is -2.09. The summed E-state index contributed by atoms with van der Waals surface area (Å²) in [5, 5.41) is 11.4. The van der Waals surface area contributed by atoms with E-state index >= 15 is 0 Å². The van der Waals surface area contributed by atoms with Gasteiger partial charge in [0.2, 0.25) is 0 Å². The first-order valence-electron chi connectivity index (χ1n) is 7.14. The minimum atomic E-state index is -0.888. The second kappa shape index (κ2) is 3.14. The Kier molecular flexibility index (Phi) is 1.68. The van der Waals surface area contributed by atoms with Crippen LogP contribution in [0.2, 0.25) is 0 Å². The van der Waals surface area contributed by atoms with Gasteiger partial charge >= 0.3 is 0 Å². The highest BCUT2D eigenvalue weighted by Crippen LogP contribution is 2.76. The third kappa shape index (κ3) is 0.894. The summed E-state index contributed by atoms with van der Waals surface area (Å²) in [4.78, 5) is 11.4. The number of carbonyl (C=O) groups is 1. The van der Waals surface area contributed by atoms with Gasteiger partial charge in [-0.15, -0.1) is 0 Å². The summed E-state index contributed by atoms with van der Waals surface area (Å²) < 4.78 is 0. The molecule has 20 heavy (non-hydrogen) atoms. The highest BCUT2D eigenvalue weighted by atomic mass is 16.4. The van der Waals surface area contributed by atoms with E-state index in [4.69, 9.17) is 0 Å². The largest absolute Gasteiger partial charge is 0.550 e. The third-order valence-electron chi connectivity index (χ3n) is 5.75. The first-order valence-corrected chi connectivity index (χ1v) is 7.14. The predicted octanol–water partition coefficient (Wildman–Crippen LogP) is 1.94. The van der Waals surface area contributed by atoms with Crippen molar-refractivity contribution >= 4 is 5.97 Å². The van der Waals surface area contributed by atoms with Crippen LogP contribution >= 0.6 is 0 Å². The average Bonchev–Trinajstić information content (AvgIpc) is 2.58. The molecule has 1 saturated carbocycles. The van der Waals surface area contributed by atoms with Gasteiger partial charge in [-0.1, -0.05) is 48.5 Å². The van der Waals surface area contributed by atoms with Gasteiger partial charge in [0.05, 0.1) is 0 Å². The topological polar surface area (TPSA) is 40.1 Å². The molecule has 5 rings (SSSR count). The number of hydrogen-bond acceptors (Lipinski definition) is 2. The highest BCUT2D eigenvalue weighted by molar-refractivity contribution is 5.78. The minimum absolute atomic E-state index is 0.0466. The molecule has 0 amide bonds. The summed E-state index contributed by atoms with van der Waals surface area (Å²) in [6.45, 7) is 0. The van der Waals surface area contributed by atoms with E-state index in [-0.39, 0.29) is 17.3 Å². The second-order valence-corrected chi connectivity index (χ2v) is 6.30. The van der Waals surface area contributed by atoms with Gasteiger partial charge in [0, 0.05) is 29.1 Å². The van der Waals surface area contributed by atoms with Crippen LogP contribution in [-0.4, -0.2) is 5.97 Å². The Morgan fingerprint density at radius 3 is 2.40 bits per heavy atom. The molecule has 3 aliphatic carbocycles. The molecule has 3 aliphatic rings. The van der Waals surface area contributed by atoms with Gasteiger partial charge in [0.25, 0.3) is 0 Å². The van der Waals surface area contributed by atoms with Crippen LogP contribution in [0.25, 0.3) is 0 Å². The van der Waals surface area contributed by atoms with Crippen LogP contribution in [0.15, 0.2) is 48.5 Å². The normalized spacial score (nSPS) is 34.9. The number of carboxylic acids is 1. The molecule has 2 aromatic carbocycles. The fourth-order valence-electron chi connectivity index (χ4n) is 5.13. The number of benzene rings is 2. The first kappa shape index (κ1) is 10.7. The summed E-state index contributed by atoms with van der Waals surface area (Å²) in [7, 11) is 0. The Balaban J connectivity index is 1.78. The fraction of sp³-hybridized carbons (Fsp3) is 0.278. The predicted molar refractivity (Wildman–Crippen MR) is 72.3 cm³/mol. The van der Waals surface area contributed by atoms with E-state index in [9.17, 15) is 9.90 Å². The summed E-state index contributed by atoms with van der Waals surface area (Å²) in [6.07, 6.45) is 0.733. The lowest BCUT2D eigenvalue weighted by Crippen LogP contribution is -2.59. The van der Waals surface area contributed by atoms with Crippen LogP contribution in [0.5, 0.6) is 0 Å². The van der Waals surface area contributed by atoms with Gasteiger partial charge in [-0.05, 0) is 28.7 Å². The van der Waals surface area contributed by atoms with E-state index in [2.05, 4.69) is 42.5 Å². The van der Waals surface area contributed by atoms with Crippen LogP contribution in [-0.2, 0) is 10.2 Å². The molecule has 4 unspecified atom stereocenters. The fourth-order valence-corrected chi connectivity index (χ4v) is 5.13. The molecular formula is C18H13O2-. The van der Waals surface area contributed by atoms with Gasteiger partial charge in [-0.25, -0.2) is 0 Å². The molecule has 0 aromatic heterocycles. The van der Waals surface area contributed by atoms with E-state index in [0.717, 1.165) is 6.42 Å². The van der Waals surface area contributed by atoms with Crippen molar-refractivity contribution in [3.63, 3.8) is 0 Å². The van der Waals surface area contributed by atoms with Crippen molar-refractivity contribution in [3.8, 4) is 0 Å². The van der Waals surface area contributed by atoms with Crippen LogP contribution in [0, 0.1) is 5.92 Å². The Bertz CT molecular complexity index is 764. The van der Waals surface area contributed by atoms with Gasteiger partial charge in [-0.2, -0.15) is 0 Å². The molecule has 0 saturated heterocycles. The summed E-state index contributed by atoms with van der Waals surface area (Å²) in [5.74, 6) is -0.700. The second-order valence-electron chi connectivity index (χ2n) is 6.30. The molecule has 0 radical (unpaired) electrons. The molecule has 4 atom stereocenters. The van der Waals surface area contributed by atoms with Crippen LogP contribution < -0.4 is 5.11 Å². The maximum absolute atomic E-state index is 11.4. The third-order valence-corrected chi connectivity index (χ3v) is 5.75. The summed E-state index contributed by atoms with van der Waals surface area (Å²) >= 11 is 0. The number of aliphatic carboxylic acids is 1. The van der Waals surface area contributed by atoms with Gasteiger partial charge in [0.15, 0.2) is 0 Å². The average molecular weight is 261 g/mol. The number of rotatable bonds is 1. The van der Waals surface area contributed by atoms with E-state index in [1.165, 1.54) is 22.3 Å². The smallest absolute Gasteiger partial charge is 0.0452 e. The van der Waals surface area contributed by atoms with Gasteiger partial charge in [0.1, 0.15) is 0 Å². The Morgan fingerprint density at radius 1 is 1.00 bits per heavy atom. The Labute approximate surface area is 117 Å². The molecule has 0 aliphatic heterocycles. The maximum atomic E-state index is 11.4. The van der Waals surface area contributed by atoms with Crippen molar-refractivity contribution in [2.24, 2.45) is 5.92 Å². The molecule has 0 N–H and O–H groups in total. The van der Waals surface area contributed by atoms with Crippen LogP contribution in [0.1, 0.15) is 40.5 Å². The van der Waals surface area contributed by atoms with E-state index in [1.54, 1.807) is 0 Å². The van der Waals surface area contributed by atoms with E-state index < -0.39 is 5.97 Å². The molecule has 1 spiro atoms. The van der Waals surface area contributed by atoms with Crippen molar-refractivity contribution < 1.29 is 9.90 Å². The molecule has 0 heterocycles. The standard InChI is InChI=1S/C18H14O2/c19-17(20)13-9-18-14-8-4-3-7-12(14)15(18)10-5-1-2-6-11(10)16(13)18/h1-8,13,15-16H,9H2,(H,19,20)/p-1. The lowest BCUT2D eigenvalue weighted by Gasteiger charge is -2.61. The van der Waals surface area contributed by atoms with E-state index in [0.29, 0.717) is 5.92 Å². The summed E-state index contributed by atoms with van der Waals surface area (Å²) in [6, 6.07) is 16.9. The molecule has 2 heteroatoms. The lowest BCUT2D eigenvalue weighted by molar-refractivity contribution is -0.317. The quantitative estimate of drug-likeness (QED) is 0.787. The highest BCUT2D eigenvalue weighted by Gasteiger charge is 2.70. The molecular weight excluding hydrogens is 248 g/mol. The summed E-state index contributed by atoms with van der Waals surface area (Å²) in [5.41, 5.74) is 5.36. The van der Waals surface area contributed by atoms with Gasteiger partial charge in [-0.3, -0.25) is 0 Å². The number of hydrogen-bond donors (Lipinski definition) is 0. The van der Waals surface area contributed by atoms with E-state index in [1.807, 2.05) is 6.07 Å². The van der Waals surface area contributed by atoms with Gasteiger partial charge < -0.3 is 9.90 Å². The molecule has 2 nitrogen and oxygen atoms in total. The molecule has 2 aromatic rings. The number of carbonyl (C=O) groups excluding carboxylic acids is 1. The van der Waals surface area contributed by atoms with Crippen molar-refractivity contribution in [3.05, 3.63) is 70.8 Å². The lowest BCUT2D eigenvalue weighted by atomic mass is 9.41. The molecule has 98 valence electrons. The minimum Gasteiger partial charge on any atom is -0.550 e.